The highest BCUT2D eigenvalue weighted by Crippen LogP contribution is 2.13. The summed E-state index contributed by atoms with van der Waals surface area (Å²) in [5.74, 6) is 1.81. The second-order valence-electron chi connectivity index (χ2n) is 7.33. The Morgan fingerprint density at radius 3 is 2.53 bits per heavy atom. The van der Waals surface area contributed by atoms with Gasteiger partial charge in [0.2, 0.25) is 0 Å². The van der Waals surface area contributed by atoms with Crippen LogP contribution in [0.5, 0.6) is 0 Å². The molecule has 1 saturated heterocycles. The van der Waals surface area contributed by atoms with E-state index in [1.807, 2.05) is 19.2 Å². The molecular formula is C22H34IN5O2. The summed E-state index contributed by atoms with van der Waals surface area (Å²) >= 11 is 0. The first-order valence-electron chi connectivity index (χ1n) is 10.3. The Hall–Kier alpha value is -1.62. The first-order valence-corrected chi connectivity index (χ1v) is 10.3. The van der Waals surface area contributed by atoms with Crippen molar-refractivity contribution in [3.8, 4) is 0 Å². The predicted octanol–water partition coefficient (Wildman–Crippen LogP) is 2.53. The minimum atomic E-state index is 0. The van der Waals surface area contributed by atoms with Gasteiger partial charge in [-0.2, -0.15) is 0 Å². The van der Waals surface area contributed by atoms with Crippen LogP contribution in [-0.2, 0) is 24.4 Å². The first-order chi connectivity index (χ1) is 14.2. The van der Waals surface area contributed by atoms with Crippen molar-refractivity contribution in [2.75, 3.05) is 53.5 Å². The van der Waals surface area contributed by atoms with E-state index in [-0.39, 0.29) is 24.0 Å². The summed E-state index contributed by atoms with van der Waals surface area (Å²) < 4.78 is 10.9. The number of benzene rings is 1. The number of ether oxygens (including phenoxy) is 1. The van der Waals surface area contributed by atoms with Crippen LogP contribution in [0.4, 0.5) is 0 Å². The van der Waals surface area contributed by atoms with E-state index in [0.29, 0.717) is 0 Å². The summed E-state index contributed by atoms with van der Waals surface area (Å²) in [6.07, 6.45) is 1.72. The summed E-state index contributed by atoms with van der Waals surface area (Å²) in [6, 6.07) is 12.5. The smallest absolute Gasteiger partial charge is 0.191 e. The van der Waals surface area contributed by atoms with E-state index in [1.54, 1.807) is 6.26 Å². The monoisotopic (exact) mass is 527 g/mol. The van der Waals surface area contributed by atoms with Crippen LogP contribution in [0.2, 0.25) is 0 Å². The van der Waals surface area contributed by atoms with Crippen LogP contribution in [0.3, 0.4) is 0 Å². The Labute approximate surface area is 196 Å². The third kappa shape index (κ3) is 8.25. The van der Waals surface area contributed by atoms with E-state index in [2.05, 4.69) is 56.7 Å². The van der Waals surface area contributed by atoms with Crippen molar-refractivity contribution in [1.29, 1.82) is 0 Å². The van der Waals surface area contributed by atoms with Gasteiger partial charge in [0.1, 0.15) is 5.76 Å². The van der Waals surface area contributed by atoms with Gasteiger partial charge < -0.3 is 19.8 Å². The lowest BCUT2D eigenvalue weighted by Crippen LogP contribution is -2.44. The van der Waals surface area contributed by atoms with Gasteiger partial charge >= 0.3 is 0 Å². The van der Waals surface area contributed by atoms with Gasteiger partial charge in [0.05, 0.1) is 26.0 Å². The normalized spacial score (nSPS) is 15.1. The number of rotatable bonds is 9. The largest absolute Gasteiger partial charge is 0.468 e. The summed E-state index contributed by atoms with van der Waals surface area (Å²) in [7, 11) is 3.92. The SMILES string of the molecule is CN=C(NCCN1CCOCC1)NCc1ccccc1CN(C)Cc1ccco1.I. The van der Waals surface area contributed by atoms with Gasteiger partial charge in [-0.05, 0) is 30.3 Å². The fourth-order valence-corrected chi connectivity index (χ4v) is 3.46. The zero-order valence-corrected chi connectivity index (χ0v) is 20.3. The first kappa shape index (κ1) is 24.6. The molecule has 1 aliphatic heterocycles. The zero-order chi connectivity index (χ0) is 20.3. The second-order valence-corrected chi connectivity index (χ2v) is 7.33. The highest BCUT2D eigenvalue weighted by Gasteiger charge is 2.10. The van der Waals surface area contributed by atoms with Crippen molar-refractivity contribution in [2.24, 2.45) is 4.99 Å². The number of hydrogen-bond acceptors (Lipinski definition) is 5. The number of guanidine groups is 1. The highest BCUT2D eigenvalue weighted by molar-refractivity contribution is 14.0. The fraction of sp³-hybridized carbons (Fsp3) is 0.500. The molecule has 0 radical (unpaired) electrons. The van der Waals surface area contributed by atoms with Gasteiger partial charge in [0.25, 0.3) is 0 Å². The van der Waals surface area contributed by atoms with Gasteiger partial charge in [-0.25, -0.2) is 0 Å². The number of nitrogens with zero attached hydrogens (tertiary/aromatic N) is 3. The molecular weight excluding hydrogens is 493 g/mol. The molecule has 1 aliphatic rings. The average Bonchev–Trinajstić information content (AvgIpc) is 3.25. The fourth-order valence-electron chi connectivity index (χ4n) is 3.46. The lowest BCUT2D eigenvalue weighted by molar-refractivity contribution is 0.0389. The molecule has 1 fully saturated rings. The number of aliphatic imine (C=N–C) groups is 1. The maximum atomic E-state index is 5.46. The highest BCUT2D eigenvalue weighted by atomic mass is 127. The Balaban J connectivity index is 0.00000320. The van der Waals surface area contributed by atoms with Gasteiger partial charge in [-0.15, -0.1) is 24.0 Å². The molecule has 0 atom stereocenters. The van der Waals surface area contributed by atoms with Crippen LogP contribution in [0.1, 0.15) is 16.9 Å². The van der Waals surface area contributed by atoms with Crippen molar-refractivity contribution in [3.63, 3.8) is 0 Å². The Kier molecular flexibility index (Phi) is 11.2. The lowest BCUT2D eigenvalue weighted by atomic mass is 10.1. The summed E-state index contributed by atoms with van der Waals surface area (Å²) in [4.78, 5) is 9.02. The predicted molar refractivity (Wildman–Crippen MR) is 131 cm³/mol. The average molecular weight is 527 g/mol. The van der Waals surface area contributed by atoms with Gasteiger partial charge in [0.15, 0.2) is 5.96 Å². The Bertz CT molecular complexity index is 748. The minimum Gasteiger partial charge on any atom is -0.468 e. The van der Waals surface area contributed by atoms with Crippen LogP contribution < -0.4 is 10.6 Å². The number of morpholine rings is 1. The summed E-state index contributed by atoms with van der Waals surface area (Å²) in [5.41, 5.74) is 2.58. The van der Waals surface area contributed by atoms with E-state index in [4.69, 9.17) is 9.15 Å². The van der Waals surface area contributed by atoms with Crippen molar-refractivity contribution in [2.45, 2.75) is 19.6 Å². The van der Waals surface area contributed by atoms with Gasteiger partial charge in [-0.3, -0.25) is 14.8 Å². The molecule has 3 rings (SSSR count). The molecule has 30 heavy (non-hydrogen) atoms. The molecule has 0 spiro atoms. The number of halogens is 1. The zero-order valence-electron chi connectivity index (χ0n) is 18.0. The Morgan fingerprint density at radius 2 is 1.83 bits per heavy atom. The molecule has 8 heteroatoms. The molecule has 7 nitrogen and oxygen atoms in total. The molecule has 1 aromatic heterocycles. The molecule has 0 bridgehead atoms. The topological polar surface area (TPSA) is 65.3 Å². The molecule has 0 saturated carbocycles. The molecule has 166 valence electrons. The van der Waals surface area contributed by atoms with Crippen LogP contribution in [0.25, 0.3) is 0 Å². The van der Waals surface area contributed by atoms with Gasteiger partial charge in [-0.1, -0.05) is 24.3 Å². The van der Waals surface area contributed by atoms with Crippen molar-refractivity contribution < 1.29 is 9.15 Å². The third-order valence-electron chi connectivity index (χ3n) is 5.06. The van der Waals surface area contributed by atoms with E-state index in [0.717, 1.165) is 70.7 Å². The van der Waals surface area contributed by atoms with Crippen molar-refractivity contribution >= 4 is 29.9 Å². The van der Waals surface area contributed by atoms with E-state index in [9.17, 15) is 0 Å². The van der Waals surface area contributed by atoms with Crippen LogP contribution in [-0.4, -0.2) is 69.2 Å². The van der Waals surface area contributed by atoms with Crippen LogP contribution in [0.15, 0.2) is 52.1 Å². The van der Waals surface area contributed by atoms with Crippen molar-refractivity contribution in [3.05, 3.63) is 59.5 Å². The second kappa shape index (κ2) is 13.6. The molecule has 2 heterocycles. The van der Waals surface area contributed by atoms with Crippen LogP contribution in [0, 0.1) is 0 Å². The van der Waals surface area contributed by atoms with Crippen LogP contribution >= 0.6 is 24.0 Å². The standard InChI is InChI=1S/C22H33N5O2.HI/c1-23-22(24-9-10-27-11-14-28-15-12-27)25-16-19-6-3-4-7-20(19)17-26(2)18-21-8-5-13-29-21;/h3-8,13H,9-12,14-18H2,1-2H3,(H2,23,24,25);1H. The summed E-state index contributed by atoms with van der Waals surface area (Å²) in [5, 5.41) is 6.85. The number of hydrogen-bond donors (Lipinski definition) is 2. The molecule has 2 N–H and O–H groups in total. The maximum absolute atomic E-state index is 5.46. The molecule has 2 aromatic rings. The number of furan rings is 1. The summed E-state index contributed by atoms with van der Waals surface area (Å²) in [6.45, 7) is 7.93. The molecule has 0 amide bonds. The van der Waals surface area contributed by atoms with E-state index in [1.165, 1.54) is 11.1 Å². The minimum absolute atomic E-state index is 0. The molecule has 1 aromatic carbocycles. The van der Waals surface area contributed by atoms with Gasteiger partial charge in [0, 0.05) is 46.3 Å². The van der Waals surface area contributed by atoms with Crippen molar-refractivity contribution in [1.82, 2.24) is 20.4 Å². The Morgan fingerprint density at radius 1 is 1.07 bits per heavy atom. The molecule has 0 aliphatic carbocycles. The number of nitrogens with one attached hydrogen (secondary N) is 2. The third-order valence-corrected chi connectivity index (χ3v) is 5.06. The van der Waals surface area contributed by atoms with E-state index >= 15 is 0 Å². The quantitative estimate of drug-likeness (QED) is 0.297. The lowest BCUT2D eigenvalue weighted by Gasteiger charge is -2.26. The molecule has 0 unspecified atom stereocenters. The maximum Gasteiger partial charge on any atom is 0.191 e. The van der Waals surface area contributed by atoms with E-state index < -0.39 is 0 Å².